The van der Waals surface area contributed by atoms with Crippen LogP contribution in [0.4, 0.5) is 0 Å². The van der Waals surface area contributed by atoms with Crippen molar-refractivity contribution in [3.63, 3.8) is 0 Å². The van der Waals surface area contributed by atoms with Gasteiger partial charge in [0.2, 0.25) is 5.91 Å². The summed E-state index contributed by atoms with van der Waals surface area (Å²) in [6.45, 7) is 0.446. The van der Waals surface area contributed by atoms with Gasteiger partial charge in [-0.15, -0.1) is 0 Å². The van der Waals surface area contributed by atoms with Crippen molar-refractivity contribution >= 4 is 16.9 Å². The van der Waals surface area contributed by atoms with Gasteiger partial charge in [0.25, 0.3) is 0 Å². The minimum absolute atomic E-state index is 0.0274. The van der Waals surface area contributed by atoms with E-state index >= 15 is 0 Å². The number of fused-ring (bicyclic) bond motifs is 1. The number of rotatable bonds is 4. The third-order valence-corrected chi connectivity index (χ3v) is 3.17. The molecule has 0 aliphatic carbocycles. The van der Waals surface area contributed by atoms with E-state index in [-0.39, 0.29) is 12.3 Å². The summed E-state index contributed by atoms with van der Waals surface area (Å²) < 4.78 is 10.4. The van der Waals surface area contributed by atoms with Gasteiger partial charge in [-0.05, 0) is 24.3 Å². The van der Waals surface area contributed by atoms with Crippen molar-refractivity contribution < 1.29 is 13.7 Å². The molecule has 0 aliphatic heterocycles. The maximum atomic E-state index is 12.2. The second-order valence-corrected chi connectivity index (χ2v) is 4.63. The first kappa shape index (κ1) is 12.5. The Labute approximate surface area is 115 Å². The summed E-state index contributed by atoms with van der Waals surface area (Å²) in [5, 5.41) is 4.85. The highest BCUT2D eigenvalue weighted by atomic mass is 16.5. The largest absolute Gasteiger partial charge is 0.467 e. The van der Waals surface area contributed by atoms with Gasteiger partial charge in [-0.1, -0.05) is 17.3 Å². The van der Waals surface area contributed by atoms with Crippen LogP contribution in [-0.4, -0.2) is 23.0 Å². The van der Waals surface area contributed by atoms with Crippen molar-refractivity contribution in [1.29, 1.82) is 0 Å². The molecule has 2 aromatic heterocycles. The summed E-state index contributed by atoms with van der Waals surface area (Å²) in [6.07, 6.45) is 1.81. The number of amides is 1. The first-order valence-electron chi connectivity index (χ1n) is 6.33. The molecule has 0 unspecified atom stereocenters. The van der Waals surface area contributed by atoms with Crippen LogP contribution in [0, 0.1) is 0 Å². The van der Waals surface area contributed by atoms with Crippen LogP contribution < -0.4 is 0 Å². The molecule has 0 N–H and O–H groups in total. The van der Waals surface area contributed by atoms with E-state index in [0.717, 1.165) is 11.1 Å². The summed E-state index contributed by atoms with van der Waals surface area (Å²) in [5.74, 6) is 0.728. The molecule has 2 heterocycles. The van der Waals surface area contributed by atoms with E-state index in [9.17, 15) is 4.79 Å². The lowest BCUT2D eigenvalue weighted by molar-refractivity contribution is -0.130. The fourth-order valence-electron chi connectivity index (χ4n) is 2.07. The van der Waals surface area contributed by atoms with E-state index in [1.807, 2.05) is 30.3 Å². The topological polar surface area (TPSA) is 59.5 Å². The lowest BCUT2D eigenvalue weighted by atomic mass is 10.1. The van der Waals surface area contributed by atoms with Gasteiger partial charge >= 0.3 is 0 Å². The van der Waals surface area contributed by atoms with Crippen LogP contribution in [0.2, 0.25) is 0 Å². The van der Waals surface area contributed by atoms with Crippen LogP contribution in [0.5, 0.6) is 0 Å². The lowest BCUT2D eigenvalue weighted by Crippen LogP contribution is -2.27. The average molecular weight is 270 g/mol. The molecule has 0 spiro atoms. The highest BCUT2D eigenvalue weighted by molar-refractivity contribution is 5.86. The molecule has 1 aromatic carbocycles. The fourth-order valence-corrected chi connectivity index (χ4v) is 2.07. The molecule has 0 bridgehead atoms. The highest BCUT2D eigenvalue weighted by Crippen LogP contribution is 2.18. The van der Waals surface area contributed by atoms with Gasteiger partial charge in [0.05, 0.1) is 19.2 Å². The maximum Gasteiger partial charge on any atom is 0.228 e. The number of carbonyl (C=O) groups is 1. The number of para-hydroxylation sites is 1. The summed E-state index contributed by atoms with van der Waals surface area (Å²) in [7, 11) is 1.74. The van der Waals surface area contributed by atoms with E-state index in [4.69, 9.17) is 8.94 Å². The van der Waals surface area contributed by atoms with Crippen LogP contribution in [0.25, 0.3) is 11.0 Å². The van der Waals surface area contributed by atoms with Crippen molar-refractivity contribution in [1.82, 2.24) is 10.1 Å². The Kier molecular flexibility index (Phi) is 3.25. The Hall–Kier alpha value is -2.56. The molecule has 3 rings (SSSR count). The zero-order valence-corrected chi connectivity index (χ0v) is 11.1. The number of hydrogen-bond donors (Lipinski definition) is 0. The zero-order chi connectivity index (χ0) is 13.9. The average Bonchev–Trinajstić information content (AvgIpc) is 3.09. The Bertz CT molecular complexity index is 716. The summed E-state index contributed by atoms with van der Waals surface area (Å²) in [5.41, 5.74) is 1.36. The lowest BCUT2D eigenvalue weighted by Gasteiger charge is -2.14. The van der Waals surface area contributed by atoms with Gasteiger partial charge < -0.3 is 13.8 Å². The van der Waals surface area contributed by atoms with E-state index in [1.54, 1.807) is 24.3 Å². The van der Waals surface area contributed by atoms with Gasteiger partial charge in [0.1, 0.15) is 11.5 Å². The van der Waals surface area contributed by atoms with Crippen LogP contribution in [0.15, 0.2) is 51.6 Å². The third-order valence-electron chi connectivity index (χ3n) is 3.17. The molecule has 20 heavy (non-hydrogen) atoms. The Morgan fingerprint density at radius 2 is 2.10 bits per heavy atom. The number of likely N-dealkylation sites (N-methyl/N-ethyl adjacent to an activating group) is 1. The van der Waals surface area contributed by atoms with Crippen molar-refractivity contribution in [2.24, 2.45) is 0 Å². The Balaban J connectivity index is 1.72. The van der Waals surface area contributed by atoms with E-state index in [0.29, 0.717) is 17.8 Å². The van der Waals surface area contributed by atoms with Crippen molar-refractivity contribution in [2.75, 3.05) is 7.05 Å². The molecule has 0 saturated heterocycles. The Morgan fingerprint density at radius 3 is 2.90 bits per heavy atom. The second-order valence-electron chi connectivity index (χ2n) is 4.63. The summed E-state index contributed by atoms with van der Waals surface area (Å²) >= 11 is 0. The molecule has 1 amide bonds. The van der Waals surface area contributed by atoms with Crippen LogP contribution >= 0.6 is 0 Å². The smallest absolute Gasteiger partial charge is 0.228 e. The molecule has 0 aliphatic rings. The quantitative estimate of drug-likeness (QED) is 0.731. The number of aromatic nitrogens is 1. The number of nitrogens with zero attached hydrogens (tertiary/aromatic N) is 2. The molecule has 3 aromatic rings. The number of benzene rings is 1. The van der Waals surface area contributed by atoms with Crippen LogP contribution in [0.1, 0.15) is 11.5 Å². The van der Waals surface area contributed by atoms with Gasteiger partial charge in [-0.3, -0.25) is 4.79 Å². The molecule has 0 saturated carbocycles. The minimum Gasteiger partial charge on any atom is -0.467 e. The van der Waals surface area contributed by atoms with Crippen molar-refractivity contribution in [3.8, 4) is 0 Å². The first-order chi connectivity index (χ1) is 9.74. The number of furan rings is 1. The monoisotopic (exact) mass is 270 g/mol. The molecule has 0 radical (unpaired) electrons. The normalized spacial score (nSPS) is 10.8. The van der Waals surface area contributed by atoms with Crippen molar-refractivity contribution in [2.45, 2.75) is 13.0 Å². The molecule has 102 valence electrons. The van der Waals surface area contributed by atoms with Crippen LogP contribution in [-0.2, 0) is 17.8 Å². The van der Waals surface area contributed by atoms with Gasteiger partial charge in [-0.25, -0.2) is 0 Å². The predicted molar refractivity (Wildman–Crippen MR) is 72.9 cm³/mol. The molecule has 0 atom stereocenters. The SMILES string of the molecule is CN(Cc1ccco1)C(=O)Cc1noc2ccccc12. The van der Waals surface area contributed by atoms with E-state index in [1.165, 1.54) is 0 Å². The van der Waals surface area contributed by atoms with E-state index in [2.05, 4.69) is 5.16 Å². The molecule has 0 fully saturated rings. The second kappa shape index (κ2) is 5.21. The van der Waals surface area contributed by atoms with Gasteiger partial charge in [0.15, 0.2) is 5.58 Å². The zero-order valence-electron chi connectivity index (χ0n) is 11.1. The maximum absolute atomic E-state index is 12.2. The molecule has 5 nitrogen and oxygen atoms in total. The number of hydrogen-bond acceptors (Lipinski definition) is 4. The molecular weight excluding hydrogens is 256 g/mol. The van der Waals surface area contributed by atoms with Crippen LogP contribution in [0.3, 0.4) is 0 Å². The van der Waals surface area contributed by atoms with Gasteiger partial charge in [-0.2, -0.15) is 0 Å². The predicted octanol–water partition coefficient (Wildman–Crippen LogP) is 2.62. The summed E-state index contributed by atoms with van der Waals surface area (Å²) in [6, 6.07) is 11.2. The summed E-state index contributed by atoms with van der Waals surface area (Å²) in [4.78, 5) is 13.8. The first-order valence-corrected chi connectivity index (χ1v) is 6.33. The van der Waals surface area contributed by atoms with Crippen molar-refractivity contribution in [3.05, 3.63) is 54.1 Å². The molecule has 5 heteroatoms. The number of carbonyl (C=O) groups excluding carboxylic acids is 1. The highest BCUT2D eigenvalue weighted by Gasteiger charge is 2.16. The molecular formula is C15H14N2O3. The Morgan fingerprint density at radius 1 is 1.25 bits per heavy atom. The van der Waals surface area contributed by atoms with Gasteiger partial charge in [0, 0.05) is 12.4 Å². The minimum atomic E-state index is -0.0274. The fraction of sp³-hybridized carbons (Fsp3) is 0.200. The van der Waals surface area contributed by atoms with E-state index < -0.39 is 0 Å². The standard InChI is InChI=1S/C15H14N2O3/c1-17(10-11-5-4-8-19-11)15(18)9-13-12-6-2-3-7-14(12)20-16-13/h2-8H,9-10H2,1H3. The third kappa shape index (κ3) is 2.42.